The van der Waals surface area contributed by atoms with Gasteiger partial charge >= 0.3 is 0 Å². The molecule has 4 heteroatoms. The molecule has 0 atom stereocenters. The van der Waals surface area contributed by atoms with E-state index < -0.39 is 0 Å². The van der Waals surface area contributed by atoms with Crippen molar-refractivity contribution >= 4 is 34.4 Å². The second kappa shape index (κ2) is 6.72. The van der Waals surface area contributed by atoms with Crippen LogP contribution in [0.5, 0.6) is 5.75 Å². The quantitative estimate of drug-likeness (QED) is 0.704. The summed E-state index contributed by atoms with van der Waals surface area (Å²) in [5.41, 5.74) is 1.00. The van der Waals surface area contributed by atoms with Gasteiger partial charge in [-0.1, -0.05) is 27.7 Å². The van der Waals surface area contributed by atoms with Crippen molar-refractivity contribution in [3.63, 3.8) is 0 Å². The monoisotopic (exact) mass is 307 g/mol. The van der Waals surface area contributed by atoms with Crippen LogP contribution in [0.4, 0.5) is 0 Å². The van der Waals surface area contributed by atoms with Crippen LogP contribution >= 0.6 is 23.5 Å². The average molecular weight is 307 g/mol. The number of fused-ring (bicyclic) bond motifs is 1. The first kappa shape index (κ1) is 15.5. The van der Waals surface area contributed by atoms with Crippen LogP contribution in [0.2, 0.25) is 0 Å². The van der Waals surface area contributed by atoms with Crippen molar-refractivity contribution in [1.29, 1.82) is 0 Å². The topological polar surface area (TPSA) is 22.1 Å². The van der Waals surface area contributed by atoms with Crippen LogP contribution in [0.1, 0.15) is 27.7 Å². The molecule has 1 aromatic carbocycles. The molecule has 0 saturated heterocycles. The van der Waals surface area contributed by atoms with Gasteiger partial charge in [-0.15, -0.1) is 23.5 Å². The molecule has 108 valence electrons. The van der Waals surface area contributed by atoms with E-state index >= 15 is 0 Å². The molecule has 0 saturated carbocycles. The Hall–Kier alpha value is -0.870. The van der Waals surface area contributed by atoms with Gasteiger partial charge < -0.3 is 4.74 Å². The number of hydrogen-bond acceptors (Lipinski definition) is 4. The fraction of sp³-hybridized carbons (Fsp3) is 0.438. The lowest BCUT2D eigenvalue weighted by atomic mass is 10.2. The molecular formula is C16H21NOS2. The largest absolute Gasteiger partial charge is 0.497 e. The number of ether oxygens (including phenoxy) is 1. The summed E-state index contributed by atoms with van der Waals surface area (Å²) >= 11 is 3.70. The first-order valence-corrected chi connectivity index (χ1v) is 8.57. The van der Waals surface area contributed by atoms with Gasteiger partial charge in [0.1, 0.15) is 10.8 Å². The molecule has 0 aliphatic rings. The van der Waals surface area contributed by atoms with Crippen molar-refractivity contribution in [2.75, 3.05) is 7.11 Å². The highest BCUT2D eigenvalue weighted by Gasteiger charge is 2.12. The molecule has 0 N–H and O–H groups in total. The van der Waals surface area contributed by atoms with E-state index in [4.69, 9.17) is 9.72 Å². The summed E-state index contributed by atoms with van der Waals surface area (Å²) < 4.78 is 5.29. The van der Waals surface area contributed by atoms with Crippen molar-refractivity contribution < 1.29 is 4.74 Å². The SMILES string of the molecule is COc1ccc2cc(SC(C)C)c(SC(C)C)nc2c1. The Bertz CT molecular complexity index is 596. The van der Waals surface area contributed by atoms with Gasteiger partial charge in [0.05, 0.1) is 12.6 Å². The predicted molar refractivity (Wildman–Crippen MR) is 90.3 cm³/mol. The lowest BCUT2D eigenvalue weighted by molar-refractivity contribution is 0.415. The summed E-state index contributed by atoms with van der Waals surface area (Å²) in [5, 5.41) is 3.37. The zero-order valence-corrected chi connectivity index (χ0v) is 14.3. The summed E-state index contributed by atoms with van der Waals surface area (Å²) in [5.74, 6) is 0.856. The summed E-state index contributed by atoms with van der Waals surface area (Å²) in [7, 11) is 1.69. The molecule has 0 aliphatic heterocycles. The van der Waals surface area contributed by atoms with Gasteiger partial charge in [-0.05, 0) is 18.2 Å². The second-order valence-electron chi connectivity index (χ2n) is 5.18. The average Bonchev–Trinajstić information content (AvgIpc) is 2.37. The molecule has 0 radical (unpaired) electrons. The van der Waals surface area contributed by atoms with E-state index in [0.29, 0.717) is 10.5 Å². The smallest absolute Gasteiger partial charge is 0.121 e. The summed E-state index contributed by atoms with van der Waals surface area (Å²) in [4.78, 5) is 6.11. The molecule has 1 aromatic heterocycles. The highest BCUT2D eigenvalue weighted by Crippen LogP contribution is 2.36. The third-order valence-electron chi connectivity index (χ3n) is 2.67. The molecule has 20 heavy (non-hydrogen) atoms. The zero-order chi connectivity index (χ0) is 14.7. The Labute approximate surface area is 129 Å². The van der Waals surface area contributed by atoms with E-state index in [2.05, 4.69) is 39.8 Å². The van der Waals surface area contributed by atoms with Crippen LogP contribution in [-0.2, 0) is 0 Å². The van der Waals surface area contributed by atoms with Crippen LogP contribution < -0.4 is 4.74 Å². The Morgan fingerprint density at radius 3 is 2.30 bits per heavy atom. The normalized spacial score (nSPS) is 11.6. The highest BCUT2D eigenvalue weighted by atomic mass is 32.2. The fourth-order valence-corrected chi connectivity index (χ4v) is 3.79. The summed E-state index contributed by atoms with van der Waals surface area (Å²) in [6.07, 6.45) is 0. The standard InChI is InChI=1S/C16H21NOS2/c1-10(2)19-15-8-12-6-7-13(18-5)9-14(12)17-16(15)20-11(3)4/h6-11H,1-5H3. The van der Waals surface area contributed by atoms with Crippen LogP contribution in [0.3, 0.4) is 0 Å². The minimum Gasteiger partial charge on any atom is -0.497 e. The minimum atomic E-state index is 0.525. The van der Waals surface area contributed by atoms with E-state index in [1.807, 2.05) is 35.7 Å². The molecule has 0 unspecified atom stereocenters. The fourth-order valence-electron chi connectivity index (χ4n) is 1.88. The molecule has 0 amide bonds. The van der Waals surface area contributed by atoms with E-state index in [1.165, 1.54) is 10.3 Å². The number of hydrogen-bond donors (Lipinski definition) is 0. The van der Waals surface area contributed by atoms with Crippen LogP contribution in [0.15, 0.2) is 34.2 Å². The van der Waals surface area contributed by atoms with Gasteiger partial charge in [-0.3, -0.25) is 0 Å². The Kier molecular flexibility index (Phi) is 5.22. The first-order valence-electron chi connectivity index (χ1n) is 6.81. The van der Waals surface area contributed by atoms with E-state index in [-0.39, 0.29) is 0 Å². The highest BCUT2D eigenvalue weighted by molar-refractivity contribution is 8.02. The maximum absolute atomic E-state index is 5.29. The number of pyridine rings is 1. The number of rotatable bonds is 5. The van der Waals surface area contributed by atoms with Crippen molar-refractivity contribution in [1.82, 2.24) is 4.98 Å². The molecule has 1 heterocycles. The molecule has 2 nitrogen and oxygen atoms in total. The predicted octanol–water partition coefficient (Wildman–Crippen LogP) is 5.24. The van der Waals surface area contributed by atoms with Crippen LogP contribution in [0, 0.1) is 0 Å². The van der Waals surface area contributed by atoms with Crippen molar-refractivity contribution in [2.45, 2.75) is 48.1 Å². The first-order chi connectivity index (χ1) is 9.49. The number of methoxy groups -OCH3 is 1. The van der Waals surface area contributed by atoms with Gasteiger partial charge in [-0.2, -0.15) is 0 Å². The molecule has 0 spiro atoms. The molecule has 0 aliphatic carbocycles. The zero-order valence-electron chi connectivity index (χ0n) is 12.6. The van der Waals surface area contributed by atoms with Gasteiger partial charge in [0, 0.05) is 26.8 Å². The van der Waals surface area contributed by atoms with E-state index in [1.54, 1.807) is 7.11 Å². The van der Waals surface area contributed by atoms with Crippen LogP contribution in [0.25, 0.3) is 10.9 Å². The molecular weight excluding hydrogens is 286 g/mol. The number of nitrogens with zero attached hydrogens (tertiary/aromatic N) is 1. The van der Waals surface area contributed by atoms with E-state index in [0.717, 1.165) is 16.3 Å². The molecule has 2 aromatic rings. The van der Waals surface area contributed by atoms with Gasteiger partial charge in [0.25, 0.3) is 0 Å². The molecule has 0 bridgehead atoms. The third kappa shape index (κ3) is 3.83. The number of aromatic nitrogens is 1. The summed E-state index contributed by atoms with van der Waals surface area (Å²) in [6, 6.07) is 8.32. The Morgan fingerprint density at radius 1 is 1.00 bits per heavy atom. The Balaban J connectivity index is 2.51. The van der Waals surface area contributed by atoms with E-state index in [9.17, 15) is 0 Å². The number of benzene rings is 1. The minimum absolute atomic E-state index is 0.525. The van der Waals surface area contributed by atoms with Gasteiger partial charge in [-0.25, -0.2) is 4.98 Å². The lowest BCUT2D eigenvalue weighted by Gasteiger charge is -2.13. The lowest BCUT2D eigenvalue weighted by Crippen LogP contribution is -1.95. The van der Waals surface area contributed by atoms with Gasteiger partial charge in [0.15, 0.2) is 0 Å². The maximum Gasteiger partial charge on any atom is 0.121 e. The molecule has 0 fully saturated rings. The van der Waals surface area contributed by atoms with Crippen molar-refractivity contribution in [3.8, 4) is 5.75 Å². The van der Waals surface area contributed by atoms with Crippen molar-refractivity contribution in [3.05, 3.63) is 24.3 Å². The van der Waals surface area contributed by atoms with Crippen LogP contribution in [-0.4, -0.2) is 22.6 Å². The maximum atomic E-state index is 5.29. The van der Waals surface area contributed by atoms with Gasteiger partial charge in [0.2, 0.25) is 0 Å². The second-order valence-corrected chi connectivity index (χ2v) is 8.37. The van der Waals surface area contributed by atoms with Crippen molar-refractivity contribution in [2.24, 2.45) is 0 Å². The summed E-state index contributed by atoms with van der Waals surface area (Å²) in [6.45, 7) is 8.83. The third-order valence-corrected chi connectivity index (χ3v) is 4.84. The Morgan fingerprint density at radius 2 is 1.70 bits per heavy atom. The number of thioether (sulfide) groups is 2. The molecule has 2 rings (SSSR count).